The van der Waals surface area contributed by atoms with Crippen molar-refractivity contribution in [1.29, 1.82) is 0 Å². The summed E-state index contributed by atoms with van der Waals surface area (Å²) in [6.45, 7) is 0. The monoisotopic (exact) mass is 172 g/mol. The number of carbonyl (C=O) groups excluding carboxylic acids is 1. The van der Waals surface area contributed by atoms with Gasteiger partial charge in [0.05, 0.1) is 0 Å². The predicted molar refractivity (Wildman–Crippen MR) is 35.5 cm³/mol. The van der Waals surface area contributed by atoms with Crippen LogP contribution < -0.4 is 11.2 Å². The van der Waals surface area contributed by atoms with E-state index in [1.54, 1.807) is 5.43 Å². The van der Waals surface area contributed by atoms with Gasteiger partial charge in [-0.1, -0.05) is 5.43 Å². The molecule has 4 N–H and O–H groups in total. The van der Waals surface area contributed by atoms with Gasteiger partial charge in [0.15, 0.2) is 5.03 Å². The number of aromatic nitrogens is 3. The highest BCUT2D eigenvalue weighted by atomic mass is 16.7. The molecule has 9 nitrogen and oxygen atoms in total. The molecular weight excluding hydrogens is 168 g/mol. The number of hydrogen-bond donors (Lipinski definition) is 3. The molecule has 0 spiro atoms. The zero-order valence-electron chi connectivity index (χ0n) is 5.64. The van der Waals surface area contributed by atoms with Crippen molar-refractivity contribution in [3.8, 4) is 0 Å². The van der Waals surface area contributed by atoms with E-state index in [0.29, 0.717) is 0 Å². The molecule has 0 aliphatic heterocycles. The van der Waals surface area contributed by atoms with Crippen LogP contribution in [0.25, 0.3) is 0 Å². The lowest BCUT2D eigenvalue weighted by Gasteiger charge is -1.86. The largest absolute Gasteiger partial charge is 0.363 e. The lowest BCUT2D eigenvalue weighted by atomic mass is 10.6. The zero-order chi connectivity index (χ0) is 9.14. The number of hydrazine groups is 1. The number of H-pyrrole nitrogens is 1. The number of amides is 1. The van der Waals surface area contributed by atoms with Crippen LogP contribution in [0.1, 0.15) is 10.6 Å². The van der Waals surface area contributed by atoms with Gasteiger partial charge in [-0.25, -0.2) is 15.2 Å². The van der Waals surface area contributed by atoms with Crippen LogP contribution in [0.5, 0.6) is 0 Å². The van der Waals surface area contributed by atoms with Gasteiger partial charge in [0.25, 0.3) is 11.9 Å². The first-order chi connectivity index (χ1) is 5.59. The second-order valence-corrected chi connectivity index (χ2v) is 1.74. The van der Waals surface area contributed by atoms with Crippen LogP contribution in [-0.2, 0) is 0 Å². The summed E-state index contributed by atoms with van der Waals surface area (Å²) >= 11 is 0. The molecule has 0 atom stereocenters. The maximum Gasteiger partial charge on any atom is 0.288 e. The van der Waals surface area contributed by atoms with E-state index in [0.717, 1.165) is 0 Å². The first-order valence-corrected chi connectivity index (χ1v) is 2.73. The summed E-state index contributed by atoms with van der Waals surface area (Å²) in [6.07, 6.45) is 0. The molecule has 0 saturated carbocycles. The second-order valence-electron chi connectivity index (χ2n) is 1.74. The number of primary amides is 1. The fraction of sp³-hybridized carbons (Fsp3) is 0. The number of anilines is 1. The Labute approximate surface area is 65.1 Å². The Bertz CT molecular complexity index is 318. The van der Waals surface area contributed by atoms with E-state index in [2.05, 4.69) is 15.2 Å². The molecular formula is C3H4N6O3. The van der Waals surface area contributed by atoms with Crippen molar-refractivity contribution in [3.63, 3.8) is 0 Å². The fourth-order valence-electron chi connectivity index (χ4n) is 0.508. The van der Waals surface area contributed by atoms with Gasteiger partial charge in [0.1, 0.15) is 0 Å². The van der Waals surface area contributed by atoms with E-state index in [4.69, 9.17) is 5.73 Å². The summed E-state index contributed by atoms with van der Waals surface area (Å²) in [6, 6.07) is 0. The summed E-state index contributed by atoms with van der Waals surface area (Å²) in [4.78, 5) is 23.6. The smallest absolute Gasteiger partial charge is 0.288 e. The van der Waals surface area contributed by atoms with Crippen molar-refractivity contribution < 1.29 is 9.83 Å². The van der Waals surface area contributed by atoms with Crippen LogP contribution in [-0.4, -0.2) is 26.1 Å². The van der Waals surface area contributed by atoms with Crippen molar-refractivity contribution in [2.45, 2.75) is 0 Å². The maximum atomic E-state index is 10.4. The zero-order valence-corrected chi connectivity index (χ0v) is 5.64. The molecule has 1 heterocycles. The van der Waals surface area contributed by atoms with E-state index in [1.807, 2.05) is 0 Å². The Hall–Kier alpha value is -2.19. The molecule has 1 aromatic heterocycles. The molecule has 1 amide bonds. The minimum absolute atomic E-state index is 0.242. The van der Waals surface area contributed by atoms with Crippen molar-refractivity contribution >= 4 is 11.9 Å². The molecule has 12 heavy (non-hydrogen) atoms. The fourth-order valence-corrected chi connectivity index (χ4v) is 0.508. The molecule has 0 unspecified atom stereocenters. The number of nitrogens with two attached hydrogens (primary N) is 1. The summed E-state index contributed by atoms with van der Waals surface area (Å²) in [7, 11) is 0. The maximum absolute atomic E-state index is 10.4. The molecule has 0 aromatic carbocycles. The standard InChI is InChI=1S/C3H4N6O3/c4-1(10)2-5-3(7-6-2)8-9(11)12/h(H2,4,10)(H2,5,6,7,8). The highest BCUT2D eigenvalue weighted by Crippen LogP contribution is 1.96. The molecule has 0 radical (unpaired) electrons. The Balaban J connectivity index is 2.77. The molecule has 0 saturated heterocycles. The summed E-state index contributed by atoms with van der Waals surface area (Å²) in [5, 5.41) is 14.4. The molecule has 0 aliphatic carbocycles. The molecule has 64 valence electrons. The Morgan fingerprint density at radius 2 is 2.42 bits per heavy atom. The van der Waals surface area contributed by atoms with E-state index in [9.17, 15) is 14.9 Å². The summed E-state index contributed by atoms with van der Waals surface area (Å²) < 4.78 is 0. The minimum atomic E-state index is -0.859. The van der Waals surface area contributed by atoms with Gasteiger partial charge in [0, 0.05) is 0 Å². The van der Waals surface area contributed by atoms with Gasteiger partial charge >= 0.3 is 0 Å². The Kier molecular flexibility index (Phi) is 1.86. The van der Waals surface area contributed by atoms with Gasteiger partial charge in [-0.2, -0.15) is 4.98 Å². The molecule has 9 heteroatoms. The normalized spacial score (nSPS) is 9.33. The minimum Gasteiger partial charge on any atom is -0.363 e. The molecule has 1 aromatic rings. The second kappa shape index (κ2) is 2.82. The van der Waals surface area contributed by atoms with Crippen molar-refractivity contribution in [1.82, 2.24) is 15.2 Å². The SMILES string of the molecule is NC(=O)c1n[nH]c(N[N+](=O)[O-])n1. The van der Waals surface area contributed by atoms with Gasteiger partial charge in [-0.05, 0) is 0 Å². The number of rotatable bonds is 3. The van der Waals surface area contributed by atoms with E-state index in [1.165, 1.54) is 0 Å². The lowest BCUT2D eigenvalue weighted by molar-refractivity contribution is -0.446. The number of hydrogen-bond acceptors (Lipinski definition) is 5. The first-order valence-electron chi connectivity index (χ1n) is 2.73. The van der Waals surface area contributed by atoms with Crippen molar-refractivity contribution in [3.05, 3.63) is 15.9 Å². The van der Waals surface area contributed by atoms with Crippen LogP contribution in [0.2, 0.25) is 0 Å². The number of nitrogens with zero attached hydrogens (tertiary/aromatic N) is 3. The lowest BCUT2D eigenvalue weighted by Crippen LogP contribution is -2.13. The third-order valence-electron chi connectivity index (χ3n) is 0.903. The highest BCUT2D eigenvalue weighted by Gasteiger charge is 2.10. The Morgan fingerprint density at radius 1 is 1.75 bits per heavy atom. The van der Waals surface area contributed by atoms with Crippen LogP contribution in [0.3, 0.4) is 0 Å². The topological polar surface area (TPSA) is 140 Å². The highest BCUT2D eigenvalue weighted by molar-refractivity contribution is 5.88. The number of aromatic amines is 1. The quantitative estimate of drug-likeness (QED) is 0.374. The number of nitro groups is 1. The average Bonchev–Trinajstić information content (AvgIpc) is 2.34. The predicted octanol–water partition coefficient (Wildman–Crippen LogP) is -1.49. The summed E-state index contributed by atoms with van der Waals surface area (Å²) in [5.41, 5.74) is 6.44. The molecule has 0 bridgehead atoms. The van der Waals surface area contributed by atoms with Gasteiger partial charge in [-0.15, -0.1) is 5.10 Å². The molecule has 0 aliphatic rings. The number of nitrogens with one attached hydrogen (secondary N) is 2. The summed E-state index contributed by atoms with van der Waals surface area (Å²) in [5.74, 6) is -1.41. The Morgan fingerprint density at radius 3 is 2.83 bits per heavy atom. The third-order valence-corrected chi connectivity index (χ3v) is 0.903. The van der Waals surface area contributed by atoms with Gasteiger partial charge < -0.3 is 5.73 Å². The van der Waals surface area contributed by atoms with Crippen LogP contribution >= 0.6 is 0 Å². The van der Waals surface area contributed by atoms with Crippen LogP contribution in [0, 0.1) is 10.1 Å². The van der Waals surface area contributed by atoms with Crippen LogP contribution in [0.4, 0.5) is 5.95 Å². The van der Waals surface area contributed by atoms with E-state index >= 15 is 0 Å². The van der Waals surface area contributed by atoms with E-state index < -0.39 is 10.9 Å². The van der Waals surface area contributed by atoms with E-state index in [-0.39, 0.29) is 11.8 Å². The molecule has 0 fully saturated rings. The van der Waals surface area contributed by atoms with Crippen molar-refractivity contribution in [2.24, 2.45) is 5.73 Å². The van der Waals surface area contributed by atoms with Gasteiger partial charge in [-0.3, -0.25) is 4.79 Å². The number of carbonyl (C=O) groups is 1. The average molecular weight is 172 g/mol. The van der Waals surface area contributed by atoms with Gasteiger partial charge in [0.2, 0.25) is 5.82 Å². The third kappa shape index (κ3) is 1.65. The first kappa shape index (κ1) is 7.91. The molecule has 1 rings (SSSR count). The van der Waals surface area contributed by atoms with Crippen molar-refractivity contribution in [2.75, 3.05) is 5.43 Å². The van der Waals surface area contributed by atoms with Crippen LogP contribution in [0.15, 0.2) is 0 Å².